The number of hydrogen-bond acceptors (Lipinski definition) is 5. The Morgan fingerprint density at radius 2 is 1.89 bits per heavy atom. The molecule has 1 aromatic carbocycles. The third-order valence-electron chi connectivity index (χ3n) is 4.97. The molecule has 3 aromatic rings. The van der Waals surface area contributed by atoms with Crippen LogP contribution in [0.5, 0.6) is 0 Å². The summed E-state index contributed by atoms with van der Waals surface area (Å²) in [6, 6.07) is 7.78. The second kappa shape index (κ2) is 7.21. The van der Waals surface area contributed by atoms with Gasteiger partial charge in [-0.2, -0.15) is 9.40 Å². The summed E-state index contributed by atoms with van der Waals surface area (Å²) in [5.41, 5.74) is 3.46. The van der Waals surface area contributed by atoms with Crippen LogP contribution >= 0.6 is 0 Å². The molecule has 1 aliphatic rings. The molecule has 0 saturated carbocycles. The first-order valence-corrected chi connectivity index (χ1v) is 10.4. The lowest BCUT2D eigenvalue weighted by Crippen LogP contribution is -2.38. The number of piperidine rings is 1. The van der Waals surface area contributed by atoms with Crippen molar-refractivity contribution >= 4 is 21.1 Å². The molecule has 1 fully saturated rings. The zero-order valence-corrected chi connectivity index (χ0v) is 15.7. The normalized spacial score (nSPS) is 16.6. The number of hydrogen-bond donors (Lipinski definition) is 0. The van der Waals surface area contributed by atoms with Crippen molar-refractivity contribution in [2.24, 2.45) is 5.92 Å². The maximum absolute atomic E-state index is 11.9. The Kier molecular flexibility index (Phi) is 4.75. The number of fused-ring (bicyclic) bond motifs is 1. The molecular formula is C19H21N5O2S. The van der Waals surface area contributed by atoms with Gasteiger partial charge in [0, 0.05) is 36.8 Å². The minimum atomic E-state index is -3.31. The standard InChI is InChI=1S/C19H21N5O2S/c1-2-27(25,26)24-9-7-15(8-10-24)13-23-14-16(11-21-23)19-12-20-17-5-3-4-6-18(17)22-19/h2-6,11-12,14-15H,1,7-10,13H2. The van der Waals surface area contributed by atoms with E-state index in [-0.39, 0.29) is 0 Å². The Morgan fingerprint density at radius 1 is 1.15 bits per heavy atom. The van der Waals surface area contributed by atoms with Crippen LogP contribution in [0.25, 0.3) is 22.3 Å². The molecule has 0 N–H and O–H groups in total. The molecule has 4 rings (SSSR count). The van der Waals surface area contributed by atoms with Gasteiger partial charge in [0.05, 0.1) is 29.1 Å². The molecule has 0 amide bonds. The van der Waals surface area contributed by atoms with Gasteiger partial charge in [-0.05, 0) is 30.9 Å². The third-order valence-corrected chi connectivity index (χ3v) is 6.47. The second-order valence-electron chi connectivity index (χ2n) is 6.75. The van der Waals surface area contributed by atoms with Crippen molar-refractivity contribution in [3.63, 3.8) is 0 Å². The fraction of sp³-hybridized carbons (Fsp3) is 0.316. The zero-order chi connectivity index (χ0) is 18.9. The first kappa shape index (κ1) is 17.8. The van der Waals surface area contributed by atoms with Gasteiger partial charge in [-0.25, -0.2) is 13.4 Å². The summed E-state index contributed by atoms with van der Waals surface area (Å²) in [6.07, 6.45) is 7.18. The van der Waals surface area contributed by atoms with Gasteiger partial charge in [-0.3, -0.25) is 9.67 Å². The van der Waals surface area contributed by atoms with Gasteiger partial charge in [0.15, 0.2) is 0 Å². The monoisotopic (exact) mass is 383 g/mol. The van der Waals surface area contributed by atoms with E-state index in [0.717, 1.165) is 47.1 Å². The van der Waals surface area contributed by atoms with Crippen LogP contribution < -0.4 is 0 Å². The topological polar surface area (TPSA) is 81.0 Å². The Morgan fingerprint density at radius 3 is 2.63 bits per heavy atom. The largest absolute Gasteiger partial charge is 0.272 e. The lowest BCUT2D eigenvalue weighted by molar-refractivity contribution is 0.249. The molecule has 7 nitrogen and oxygen atoms in total. The fourth-order valence-electron chi connectivity index (χ4n) is 3.41. The van der Waals surface area contributed by atoms with Crippen LogP contribution in [-0.2, 0) is 16.6 Å². The Labute approximate surface area is 158 Å². The average Bonchev–Trinajstić information content (AvgIpc) is 3.16. The van der Waals surface area contributed by atoms with Crippen molar-refractivity contribution < 1.29 is 8.42 Å². The quantitative estimate of drug-likeness (QED) is 0.677. The van der Waals surface area contributed by atoms with Crippen LogP contribution in [0.3, 0.4) is 0 Å². The third kappa shape index (κ3) is 3.77. The molecule has 3 heterocycles. The van der Waals surface area contributed by atoms with E-state index in [0.29, 0.717) is 19.0 Å². The SMILES string of the molecule is C=CS(=O)(=O)N1CCC(Cn2cc(-c3cnc4ccccc4n3)cn2)CC1. The van der Waals surface area contributed by atoms with E-state index < -0.39 is 10.0 Å². The maximum atomic E-state index is 11.9. The van der Waals surface area contributed by atoms with E-state index in [1.807, 2.05) is 35.1 Å². The Bertz CT molecular complexity index is 1070. The highest BCUT2D eigenvalue weighted by molar-refractivity contribution is 7.92. The van der Waals surface area contributed by atoms with Gasteiger partial charge < -0.3 is 0 Å². The summed E-state index contributed by atoms with van der Waals surface area (Å²) in [5, 5.41) is 5.48. The summed E-state index contributed by atoms with van der Waals surface area (Å²) >= 11 is 0. The molecule has 1 aliphatic heterocycles. The molecular weight excluding hydrogens is 362 g/mol. The first-order valence-electron chi connectivity index (χ1n) is 8.92. The van der Waals surface area contributed by atoms with E-state index in [1.165, 1.54) is 4.31 Å². The highest BCUT2D eigenvalue weighted by atomic mass is 32.2. The van der Waals surface area contributed by atoms with E-state index in [9.17, 15) is 8.42 Å². The Hall–Kier alpha value is -2.58. The molecule has 27 heavy (non-hydrogen) atoms. The summed E-state index contributed by atoms with van der Waals surface area (Å²) in [6.45, 7) is 5.22. The van der Waals surface area contributed by atoms with Gasteiger partial charge in [0.25, 0.3) is 0 Å². The van der Waals surface area contributed by atoms with Gasteiger partial charge in [-0.15, -0.1) is 0 Å². The predicted molar refractivity (Wildman–Crippen MR) is 104 cm³/mol. The molecule has 0 spiro atoms. The minimum absolute atomic E-state index is 0.400. The van der Waals surface area contributed by atoms with Crippen molar-refractivity contribution in [1.29, 1.82) is 0 Å². The number of benzene rings is 1. The highest BCUT2D eigenvalue weighted by Gasteiger charge is 2.26. The smallest absolute Gasteiger partial charge is 0.235 e. The molecule has 2 aromatic heterocycles. The van der Waals surface area contributed by atoms with Crippen LogP contribution in [-0.4, -0.2) is 45.6 Å². The van der Waals surface area contributed by atoms with Crippen molar-refractivity contribution in [2.75, 3.05) is 13.1 Å². The number of nitrogens with zero attached hydrogens (tertiary/aromatic N) is 5. The molecule has 0 aliphatic carbocycles. The van der Waals surface area contributed by atoms with Crippen molar-refractivity contribution in [3.05, 3.63) is 54.8 Å². The molecule has 0 unspecified atom stereocenters. The molecule has 140 valence electrons. The summed E-state index contributed by atoms with van der Waals surface area (Å²) < 4.78 is 27.1. The van der Waals surface area contributed by atoms with Gasteiger partial charge in [-0.1, -0.05) is 18.7 Å². The first-order chi connectivity index (χ1) is 13.0. The summed E-state index contributed by atoms with van der Waals surface area (Å²) in [4.78, 5) is 9.11. The van der Waals surface area contributed by atoms with Crippen LogP contribution in [0.1, 0.15) is 12.8 Å². The minimum Gasteiger partial charge on any atom is -0.272 e. The van der Waals surface area contributed by atoms with Gasteiger partial charge >= 0.3 is 0 Å². The number of para-hydroxylation sites is 2. The molecule has 8 heteroatoms. The van der Waals surface area contributed by atoms with E-state index in [4.69, 9.17) is 0 Å². The molecule has 1 saturated heterocycles. The van der Waals surface area contributed by atoms with Crippen LogP contribution in [0, 0.1) is 5.92 Å². The maximum Gasteiger partial charge on any atom is 0.235 e. The van der Waals surface area contributed by atoms with Gasteiger partial charge in [0.2, 0.25) is 10.0 Å². The highest BCUT2D eigenvalue weighted by Crippen LogP contribution is 2.23. The van der Waals surface area contributed by atoms with Crippen LogP contribution in [0.15, 0.2) is 54.8 Å². The fourth-order valence-corrected chi connectivity index (χ4v) is 4.34. The van der Waals surface area contributed by atoms with Crippen molar-refractivity contribution in [1.82, 2.24) is 24.1 Å². The van der Waals surface area contributed by atoms with Crippen molar-refractivity contribution in [3.8, 4) is 11.3 Å². The molecule has 0 radical (unpaired) electrons. The summed E-state index contributed by atoms with van der Waals surface area (Å²) in [5.74, 6) is 0.400. The number of sulfonamides is 1. The Balaban J connectivity index is 1.43. The lowest BCUT2D eigenvalue weighted by Gasteiger charge is -2.30. The molecule has 0 bridgehead atoms. The van der Waals surface area contributed by atoms with Crippen LogP contribution in [0.4, 0.5) is 0 Å². The lowest BCUT2D eigenvalue weighted by atomic mass is 9.98. The summed E-state index contributed by atoms with van der Waals surface area (Å²) in [7, 11) is -3.31. The predicted octanol–water partition coefficient (Wildman–Crippen LogP) is 2.68. The molecule has 0 atom stereocenters. The van der Waals surface area contributed by atoms with E-state index in [2.05, 4.69) is 21.6 Å². The average molecular weight is 383 g/mol. The van der Waals surface area contributed by atoms with E-state index >= 15 is 0 Å². The van der Waals surface area contributed by atoms with Gasteiger partial charge in [0.1, 0.15) is 0 Å². The van der Waals surface area contributed by atoms with Crippen LogP contribution in [0.2, 0.25) is 0 Å². The number of aromatic nitrogens is 4. The van der Waals surface area contributed by atoms with Crippen molar-refractivity contribution in [2.45, 2.75) is 19.4 Å². The number of rotatable bonds is 5. The second-order valence-corrected chi connectivity index (χ2v) is 8.63. The van der Waals surface area contributed by atoms with E-state index in [1.54, 1.807) is 12.4 Å². The zero-order valence-electron chi connectivity index (χ0n) is 14.9.